The number of nitrogens with zero attached hydrogens (tertiary/aromatic N) is 1. The summed E-state index contributed by atoms with van der Waals surface area (Å²) in [5, 5.41) is 27.0. The molecule has 0 heterocycles. The third kappa shape index (κ3) is 14.9. The molecule has 3 N–H and O–H groups in total. The van der Waals surface area contributed by atoms with E-state index in [0.717, 1.165) is 32.1 Å². The lowest BCUT2D eigenvalue weighted by molar-refractivity contribution is -0.927. The van der Waals surface area contributed by atoms with Gasteiger partial charge in [-0.3, -0.25) is 14.4 Å². The maximum Gasteiger partial charge on any atom is 0.309 e. The number of quaternary nitrogens is 1. The molecule has 0 aromatic heterocycles. The van der Waals surface area contributed by atoms with Gasteiger partial charge in [0.25, 0.3) is 0 Å². The van der Waals surface area contributed by atoms with E-state index in [4.69, 9.17) is 15.3 Å². The second kappa shape index (κ2) is 15.2. The van der Waals surface area contributed by atoms with Crippen molar-refractivity contribution in [1.82, 2.24) is 0 Å². The van der Waals surface area contributed by atoms with Crippen LogP contribution in [0, 0.1) is 0 Å². The fourth-order valence-corrected chi connectivity index (χ4v) is 3.29. The Balaban J connectivity index is 4.53. The first-order chi connectivity index (χ1) is 12.8. The monoisotopic (exact) mass is 386 g/mol. The summed E-state index contributed by atoms with van der Waals surface area (Å²) in [6.45, 7) is 5.16. The molecule has 0 aromatic rings. The second-order valence-electron chi connectivity index (χ2n) is 7.22. The molecule has 27 heavy (non-hydrogen) atoms. The zero-order valence-corrected chi connectivity index (χ0v) is 16.4. The van der Waals surface area contributed by atoms with Gasteiger partial charge in [-0.15, -0.1) is 6.58 Å². The van der Waals surface area contributed by atoms with Crippen molar-refractivity contribution in [2.45, 2.75) is 70.6 Å². The summed E-state index contributed by atoms with van der Waals surface area (Å²) >= 11 is 0. The first kappa shape index (κ1) is 25.1. The SMILES string of the molecule is C=CCCCCCCCCC[N+](CCC(=O)O)(CCC(=O)O)CCC(=O)O. The van der Waals surface area contributed by atoms with Crippen LogP contribution in [0.2, 0.25) is 0 Å². The van der Waals surface area contributed by atoms with E-state index in [9.17, 15) is 14.4 Å². The van der Waals surface area contributed by atoms with Gasteiger partial charge in [-0.05, 0) is 25.7 Å². The molecule has 0 radical (unpaired) electrons. The minimum absolute atomic E-state index is 0.0808. The molecule has 0 spiro atoms. The van der Waals surface area contributed by atoms with Crippen LogP contribution in [0.15, 0.2) is 12.7 Å². The summed E-state index contributed by atoms with van der Waals surface area (Å²) in [5.41, 5.74) is 0. The van der Waals surface area contributed by atoms with Gasteiger partial charge < -0.3 is 19.8 Å². The minimum Gasteiger partial charge on any atom is -0.481 e. The highest BCUT2D eigenvalue weighted by atomic mass is 16.4. The molecule has 7 nitrogen and oxygen atoms in total. The number of hydrogen-bond donors (Lipinski definition) is 3. The number of aliphatic carboxylic acids is 3. The maximum absolute atomic E-state index is 11.0. The molecule has 0 saturated carbocycles. The Kier molecular flexibility index (Phi) is 14.1. The van der Waals surface area contributed by atoms with Crippen molar-refractivity contribution in [2.75, 3.05) is 26.2 Å². The Morgan fingerprint density at radius 3 is 1.37 bits per heavy atom. The van der Waals surface area contributed by atoms with E-state index in [2.05, 4.69) is 6.58 Å². The number of allylic oxidation sites excluding steroid dienone is 1. The number of carboxylic acid groups (broad SMARTS) is 3. The third-order valence-corrected chi connectivity index (χ3v) is 4.94. The van der Waals surface area contributed by atoms with E-state index >= 15 is 0 Å². The largest absolute Gasteiger partial charge is 0.481 e. The quantitative estimate of drug-likeness (QED) is 0.178. The van der Waals surface area contributed by atoms with Gasteiger partial charge in [-0.25, -0.2) is 0 Å². The van der Waals surface area contributed by atoms with Crippen molar-refractivity contribution in [3.8, 4) is 0 Å². The maximum atomic E-state index is 11.0. The lowest BCUT2D eigenvalue weighted by Gasteiger charge is -2.38. The molecule has 7 heteroatoms. The Hall–Kier alpha value is -1.89. The summed E-state index contributed by atoms with van der Waals surface area (Å²) in [5.74, 6) is -2.83. The number of unbranched alkanes of at least 4 members (excludes halogenated alkanes) is 7. The summed E-state index contributed by atoms with van der Waals surface area (Å²) in [6, 6.07) is 0. The smallest absolute Gasteiger partial charge is 0.309 e. The minimum atomic E-state index is -0.942. The third-order valence-electron chi connectivity index (χ3n) is 4.94. The van der Waals surface area contributed by atoms with E-state index in [1.165, 1.54) is 19.3 Å². The Morgan fingerprint density at radius 1 is 0.630 bits per heavy atom. The highest BCUT2D eigenvalue weighted by Crippen LogP contribution is 2.16. The Morgan fingerprint density at radius 2 is 1.00 bits per heavy atom. The molecule has 0 aliphatic rings. The van der Waals surface area contributed by atoms with Gasteiger partial charge in [-0.2, -0.15) is 0 Å². The van der Waals surface area contributed by atoms with Crippen molar-refractivity contribution in [3.05, 3.63) is 12.7 Å². The van der Waals surface area contributed by atoms with Gasteiger partial charge in [0.1, 0.15) is 0 Å². The number of rotatable bonds is 19. The van der Waals surface area contributed by atoms with Gasteiger partial charge in [-0.1, -0.05) is 31.8 Å². The van der Waals surface area contributed by atoms with Crippen molar-refractivity contribution in [1.29, 1.82) is 0 Å². The average molecular weight is 387 g/mol. The Labute approximate surface area is 162 Å². The molecule has 0 rings (SSSR count). The van der Waals surface area contributed by atoms with Crippen LogP contribution >= 0.6 is 0 Å². The average Bonchev–Trinajstić information content (AvgIpc) is 2.61. The lowest BCUT2D eigenvalue weighted by atomic mass is 10.1. The van der Waals surface area contributed by atoms with Crippen LogP contribution in [0.5, 0.6) is 0 Å². The summed E-state index contributed by atoms with van der Waals surface area (Å²) in [4.78, 5) is 33.0. The van der Waals surface area contributed by atoms with E-state index < -0.39 is 17.9 Å². The number of hydrogen-bond acceptors (Lipinski definition) is 3. The van der Waals surface area contributed by atoms with Crippen LogP contribution < -0.4 is 0 Å². The van der Waals surface area contributed by atoms with Crippen LogP contribution in [-0.2, 0) is 14.4 Å². The molecule has 0 aliphatic heterocycles. The highest BCUT2D eigenvalue weighted by Gasteiger charge is 2.29. The normalized spacial score (nSPS) is 11.3. The van der Waals surface area contributed by atoms with Crippen LogP contribution in [0.1, 0.15) is 70.6 Å². The fraction of sp³-hybridized carbons (Fsp3) is 0.750. The van der Waals surface area contributed by atoms with E-state index in [1.54, 1.807) is 0 Å². The van der Waals surface area contributed by atoms with E-state index in [-0.39, 0.29) is 43.4 Å². The summed E-state index contributed by atoms with van der Waals surface area (Å²) in [6.07, 6.45) is 10.4. The van der Waals surface area contributed by atoms with Crippen molar-refractivity contribution in [2.24, 2.45) is 0 Å². The van der Waals surface area contributed by atoms with Crippen molar-refractivity contribution in [3.63, 3.8) is 0 Å². The predicted octanol–water partition coefficient (Wildman–Crippen LogP) is 3.53. The van der Waals surface area contributed by atoms with Crippen LogP contribution in [0.25, 0.3) is 0 Å². The fourth-order valence-electron chi connectivity index (χ4n) is 3.29. The molecule has 0 atom stereocenters. The highest BCUT2D eigenvalue weighted by molar-refractivity contribution is 5.67. The Bertz CT molecular complexity index is 418. The molecule has 0 amide bonds. The molecule has 0 saturated heterocycles. The zero-order chi connectivity index (χ0) is 20.5. The van der Waals surface area contributed by atoms with Crippen molar-refractivity contribution < 1.29 is 34.2 Å². The first-order valence-corrected chi connectivity index (χ1v) is 9.93. The lowest BCUT2D eigenvalue weighted by Crippen LogP contribution is -2.52. The van der Waals surface area contributed by atoms with Gasteiger partial charge in [0.05, 0.1) is 45.4 Å². The van der Waals surface area contributed by atoms with Gasteiger partial charge in [0.2, 0.25) is 0 Å². The van der Waals surface area contributed by atoms with Gasteiger partial charge in [0, 0.05) is 0 Å². The zero-order valence-electron chi connectivity index (χ0n) is 16.4. The van der Waals surface area contributed by atoms with Crippen LogP contribution in [0.4, 0.5) is 0 Å². The molecule has 0 bridgehead atoms. The molecule has 0 aliphatic carbocycles. The molecule has 0 aromatic carbocycles. The van der Waals surface area contributed by atoms with Gasteiger partial charge in [0.15, 0.2) is 0 Å². The molecule has 156 valence electrons. The topological polar surface area (TPSA) is 112 Å². The van der Waals surface area contributed by atoms with Gasteiger partial charge >= 0.3 is 17.9 Å². The number of carbonyl (C=O) groups is 3. The first-order valence-electron chi connectivity index (χ1n) is 9.93. The van der Waals surface area contributed by atoms with E-state index in [0.29, 0.717) is 6.54 Å². The van der Waals surface area contributed by atoms with Crippen LogP contribution in [-0.4, -0.2) is 63.9 Å². The molecular weight excluding hydrogens is 350 g/mol. The molecular formula is C20H36NO6+. The molecule has 0 unspecified atom stereocenters. The molecule has 0 fully saturated rings. The standard InChI is InChI=1S/C20H35NO6/c1-2-3-4-5-6-7-8-9-10-14-21(15-11-18(22)23,16-12-19(24)25)17-13-20(26)27/h2H,1,3-17H2,(H2-,22,23,24,25,26,27)/p+1. The second-order valence-corrected chi connectivity index (χ2v) is 7.22. The van der Waals surface area contributed by atoms with Crippen LogP contribution in [0.3, 0.4) is 0 Å². The van der Waals surface area contributed by atoms with E-state index in [1.807, 2.05) is 6.08 Å². The van der Waals surface area contributed by atoms with Crippen molar-refractivity contribution >= 4 is 17.9 Å². The predicted molar refractivity (Wildman–Crippen MR) is 104 cm³/mol. The number of carboxylic acids is 3. The summed E-state index contributed by atoms with van der Waals surface area (Å²) in [7, 11) is 0. The summed E-state index contributed by atoms with van der Waals surface area (Å²) < 4.78 is 0.254.